The van der Waals surface area contributed by atoms with Crippen LogP contribution in [0, 0.1) is 0 Å². The molecule has 1 spiro atoms. The SMILES string of the molecule is CC1(C)c2ccccc2-c2ccc(N(c3ccc(-c4ccccc4)cc3)c3ccc4c(c3)-c3ccccc3-c3ccccc3C43c4ccccc4-c4cc5oc6ccccc6c5cc43)cc21. The van der Waals surface area contributed by atoms with Crippen molar-refractivity contribution < 1.29 is 4.42 Å². The lowest BCUT2D eigenvalue weighted by atomic mass is 9.65. The fourth-order valence-electron chi connectivity index (χ4n) is 12.2. The van der Waals surface area contributed by atoms with E-state index in [9.17, 15) is 0 Å². The Kier molecular flexibility index (Phi) is 7.70. The second kappa shape index (κ2) is 13.7. The Morgan fingerprint density at radius 3 is 1.55 bits per heavy atom. The zero-order chi connectivity index (χ0) is 43.7. The van der Waals surface area contributed by atoms with E-state index in [2.05, 4.69) is 243 Å². The smallest absolute Gasteiger partial charge is 0.136 e. The summed E-state index contributed by atoms with van der Waals surface area (Å²) in [7, 11) is 0. The van der Waals surface area contributed by atoms with Crippen LogP contribution in [0.4, 0.5) is 17.1 Å². The molecule has 11 aromatic rings. The minimum absolute atomic E-state index is 0.148. The second-order valence-electron chi connectivity index (χ2n) is 18.8. The summed E-state index contributed by atoms with van der Waals surface area (Å²) in [6.45, 7) is 4.74. The van der Waals surface area contributed by atoms with Crippen LogP contribution in [-0.4, -0.2) is 0 Å². The van der Waals surface area contributed by atoms with E-state index < -0.39 is 5.41 Å². The van der Waals surface area contributed by atoms with Gasteiger partial charge in [-0.1, -0.05) is 184 Å². The molecule has 2 heteroatoms. The first-order valence-corrected chi connectivity index (χ1v) is 23.1. The molecule has 0 saturated heterocycles. The number of benzene rings is 10. The largest absolute Gasteiger partial charge is 0.456 e. The van der Waals surface area contributed by atoms with Crippen molar-refractivity contribution in [3.05, 3.63) is 258 Å². The first-order chi connectivity index (χ1) is 32.5. The third-order valence-electron chi connectivity index (χ3n) is 15.1. The maximum atomic E-state index is 6.59. The Morgan fingerprint density at radius 2 is 0.803 bits per heavy atom. The van der Waals surface area contributed by atoms with E-state index in [1.807, 2.05) is 0 Å². The van der Waals surface area contributed by atoms with Gasteiger partial charge in [0.15, 0.2) is 0 Å². The third kappa shape index (κ3) is 5.01. The number of nitrogens with zero attached hydrogens (tertiary/aromatic N) is 1. The lowest BCUT2D eigenvalue weighted by Crippen LogP contribution is -2.29. The van der Waals surface area contributed by atoms with Crippen LogP contribution in [0.2, 0.25) is 0 Å². The topological polar surface area (TPSA) is 16.4 Å². The first kappa shape index (κ1) is 37.2. The average molecular weight is 842 g/mol. The van der Waals surface area contributed by atoms with Crippen molar-refractivity contribution in [2.24, 2.45) is 0 Å². The van der Waals surface area contributed by atoms with Gasteiger partial charge in [-0.2, -0.15) is 0 Å². The summed E-state index contributed by atoms with van der Waals surface area (Å²) >= 11 is 0. The molecule has 0 aliphatic heterocycles. The monoisotopic (exact) mass is 841 g/mol. The minimum Gasteiger partial charge on any atom is -0.456 e. The second-order valence-corrected chi connectivity index (χ2v) is 18.8. The molecule has 3 aliphatic carbocycles. The Bertz CT molecular complexity index is 3800. The lowest BCUT2D eigenvalue weighted by Gasteiger charge is -2.36. The van der Waals surface area contributed by atoms with E-state index in [0.717, 1.165) is 39.0 Å². The molecule has 1 unspecified atom stereocenters. The molecule has 1 atom stereocenters. The van der Waals surface area contributed by atoms with Crippen LogP contribution < -0.4 is 4.90 Å². The molecule has 3 aliphatic rings. The standard InChI is InChI=1S/C64H43NO/c1-63(2)55-24-12-8-21-48(55)50-34-32-44(37-59(50)63)65(42-30-28-41(29-31-42)40-16-4-3-5-17-40)43-33-35-58-52(36-43)46-19-7-6-18-45(46)47-20-9-13-25-56(47)64(58)57-26-14-10-22-49(57)53-39-62-54(38-60(53)64)51-23-11-15-27-61(51)66-62/h3-39H,1-2H3. The average Bonchev–Trinajstić information content (AvgIpc) is 3.93. The number of hydrogen-bond donors (Lipinski definition) is 0. The van der Waals surface area contributed by atoms with Crippen molar-refractivity contribution in [3.8, 4) is 55.6 Å². The van der Waals surface area contributed by atoms with E-state index in [1.165, 1.54) is 89.0 Å². The Balaban J connectivity index is 1.05. The summed E-state index contributed by atoms with van der Waals surface area (Å²) in [6.07, 6.45) is 0. The Labute approximate surface area is 384 Å². The number of furan rings is 1. The molecule has 0 bridgehead atoms. The van der Waals surface area contributed by atoms with E-state index in [4.69, 9.17) is 4.42 Å². The Hall–Kier alpha value is -8.20. The van der Waals surface area contributed by atoms with Crippen molar-refractivity contribution in [1.82, 2.24) is 0 Å². The molecule has 0 amide bonds. The van der Waals surface area contributed by atoms with E-state index in [1.54, 1.807) is 0 Å². The summed E-state index contributed by atoms with van der Waals surface area (Å²) in [6, 6.07) is 83.6. The third-order valence-corrected chi connectivity index (χ3v) is 15.1. The van der Waals surface area contributed by atoms with Crippen LogP contribution in [-0.2, 0) is 10.8 Å². The summed E-state index contributed by atoms with van der Waals surface area (Å²) in [5, 5.41) is 2.28. The first-order valence-electron chi connectivity index (χ1n) is 23.1. The number of hydrogen-bond acceptors (Lipinski definition) is 2. The van der Waals surface area contributed by atoms with Crippen molar-refractivity contribution >= 4 is 39.0 Å². The minimum atomic E-state index is -0.631. The van der Waals surface area contributed by atoms with E-state index >= 15 is 0 Å². The summed E-state index contributed by atoms with van der Waals surface area (Å²) in [5.41, 5.74) is 24.7. The molecule has 1 aromatic heterocycles. The molecule has 0 radical (unpaired) electrons. The van der Waals surface area contributed by atoms with Gasteiger partial charge in [0.25, 0.3) is 0 Å². The van der Waals surface area contributed by atoms with Crippen molar-refractivity contribution in [3.63, 3.8) is 0 Å². The van der Waals surface area contributed by atoms with Crippen molar-refractivity contribution in [2.75, 3.05) is 4.90 Å². The fraction of sp³-hybridized carbons (Fsp3) is 0.0625. The summed E-state index contributed by atoms with van der Waals surface area (Å²) < 4.78 is 6.59. The van der Waals surface area contributed by atoms with Gasteiger partial charge in [-0.15, -0.1) is 0 Å². The zero-order valence-electron chi connectivity index (χ0n) is 36.7. The van der Waals surface area contributed by atoms with Crippen LogP contribution in [0.25, 0.3) is 77.6 Å². The number of fused-ring (bicyclic) bond motifs is 18. The molecule has 310 valence electrons. The van der Waals surface area contributed by atoms with Gasteiger partial charge >= 0.3 is 0 Å². The molecule has 2 nitrogen and oxygen atoms in total. The van der Waals surface area contributed by atoms with Gasteiger partial charge in [-0.25, -0.2) is 0 Å². The highest BCUT2D eigenvalue weighted by atomic mass is 16.3. The number of anilines is 3. The molecule has 0 N–H and O–H groups in total. The van der Waals surface area contributed by atoms with Crippen LogP contribution in [0.1, 0.15) is 47.2 Å². The molecular formula is C64H43NO. The van der Waals surface area contributed by atoms with Gasteiger partial charge in [0.05, 0.1) is 5.41 Å². The highest BCUT2D eigenvalue weighted by Gasteiger charge is 2.50. The van der Waals surface area contributed by atoms with E-state index in [0.29, 0.717) is 0 Å². The van der Waals surface area contributed by atoms with Crippen LogP contribution >= 0.6 is 0 Å². The summed E-state index contributed by atoms with van der Waals surface area (Å²) in [5.74, 6) is 0. The molecular weight excluding hydrogens is 799 g/mol. The fourth-order valence-corrected chi connectivity index (χ4v) is 12.2. The number of rotatable bonds is 4. The maximum absolute atomic E-state index is 6.59. The van der Waals surface area contributed by atoms with Crippen molar-refractivity contribution in [2.45, 2.75) is 24.7 Å². The molecule has 1 heterocycles. The van der Waals surface area contributed by atoms with Gasteiger partial charge in [0, 0.05) is 33.2 Å². The maximum Gasteiger partial charge on any atom is 0.136 e. The van der Waals surface area contributed by atoms with Crippen LogP contribution in [0.3, 0.4) is 0 Å². The highest BCUT2D eigenvalue weighted by Crippen LogP contribution is 2.63. The molecule has 0 fully saturated rings. The van der Waals surface area contributed by atoms with Gasteiger partial charge in [0.1, 0.15) is 11.2 Å². The quantitative estimate of drug-likeness (QED) is 0.176. The molecule has 66 heavy (non-hydrogen) atoms. The lowest BCUT2D eigenvalue weighted by molar-refractivity contribution is 0.660. The van der Waals surface area contributed by atoms with Gasteiger partial charge in [-0.3, -0.25) is 0 Å². The van der Waals surface area contributed by atoms with Gasteiger partial charge < -0.3 is 9.32 Å². The van der Waals surface area contributed by atoms with Gasteiger partial charge in [0.2, 0.25) is 0 Å². The molecule has 10 aromatic carbocycles. The Morgan fingerprint density at radius 1 is 0.303 bits per heavy atom. The highest BCUT2D eigenvalue weighted by molar-refractivity contribution is 6.09. The van der Waals surface area contributed by atoms with Crippen molar-refractivity contribution in [1.29, 1.82) is 0 Å². The number of para-hydroxylation sites is 1. The van der Waals surface area contributed by atoms with Crippen LogP contribution in [0.5, 0.6) is 0 Å². The summed E-state index contributed by atoms with van der Waals surface area (Å²) in [4.78, 5) is 2.47. The van der Waals surface area contributed by atoms with Crippen LogP contribution in [0.15, 0.2) is 229 Å². The molecule has 0 saturated carbocycles. The van der Waals surface area contributed by atoms with E-state index in [-0.39, 0.29) is 5.41 Å². The zero-order valence-corrected chi connectivity index (χ0v) is 36.7. The van der Waals surface area contributed by atoms with Gasteiger partial charge in [-0.05, 0) is 144 Å². The predicted molar refractivity (Wildman–Crippen MR) is 273 cm³/mol. The predicted octanol–water partition coefficient (Wildman–Crippen LogP) is 17.0. The molecule has 14 rings (SSSR count). The normalized spacial score (nSPS) is 15.6.